The van der Waals surface area contributed by atoms with Gasteiger partial charge in [-0.1, -0.05) is 41.7 Å². The van der Waals surface area contributed by atoms with Crippen LogP contribution in [0.5, 0.6) is 0 Å². The van der Waals surface area contributed by atoms with E-state index in [4.69, 9.17) is 34.8 Å². The van der Waals surface area contributed by atoms with Crippen molar-refractivity contribution >= 4 is 34.8 Å². The van der Waals surface area contributed by atoms with Crippen molar-refractivity contribution in [2.45, 2.75) is 38.8 Å². The Bertz CT molecular complexity index is 406. The average Bonchev–Trinajstić information content (AvgIpc) is 2.70. The van der Waals surface area contributed by atoms with Crippen LogP contribution in [0.15, 0.2) is 12.1 Å². The second-order valence-electron chi connectivity index (χ2n) is 4.82. The maximum absolute atomic E-state index is 6.16. The van der Waals surface area contributed by atoms with E-state index in [1.807, 2.05) is 0 Å². The lowest BCUT2D eigenvalue weighted by molar-refractivity contribution is 0.502. The molecular weight excluding hydrogens is 277 g/mol. The number of benzene rings is 1. The fraction of sp³-hybridized carbons (Fsp3) is 0.538. The quantitative estimate of drug-likeness (QED) is 0.779. The van der Waals surface area contributed by atoms with Crippen molar-refractivity contribution in [3.8, 4) is 0 Å². The van der Waals surface area contributed by atoms with Crippen LogP contribution in [0.2, 0.25) is 15.1 Å². The highest BCUT2D eigenvalue weighted by molar-refractivity contribution is 6.44. The highest BCUT2D eigenvalue weighted by Gasteiger charge is 2.21. The SMILES string of the molecule is CC1CCC(NCc2c(Cl)ccc(Cl)c2Cl)C1. The summed E-state index contributed by atoms with van der Waals surface area (Å²) in [4.78, 5) is 0. The van der Waals surface area contributed by atoms with Gasteiger partial charge in [-0.05, 0) is 37.3 Å². The molecule has 0 amide bonds. The monoisotopic (exact) mass is 291 g/mol. The van der Waals surface area contributed by atoms with E-state index < -0.39 is 0 Å². The molecule has 1 fully saturated rings. The minimum atomic E-state index is 0.563. The molecule has 0 aromatic heterocycles. The van der Waals surface area contributed by atoms with Crippen molar-refractivity contribution in [3.05, 3.63) is 32.8 Å². The van der Waals surface area contributed by atoms with Gasteiger partial charge in [0.2, 0.25) is 0 Å². The van der Waals surface area contributed by atoms with E-state index in [-0.39, 0.29) is 0 Å². The summed E-state index contributed by atoms with van der Waals surface area (Å²) >= 11 is 18.3. The minimum Gasteiger partial charge on any atom is -0.310 e. The van der Waals surface area contributed by atoms with E-state index in [0.717, 1.165) is 11.5 Å². The fourth-order valence-corrected chi connectivity index (χ4v) is 3.05. The van der Waals surface area contributed by atoms with E-state index in [1.165, 1.54) is 19.3 Å². The Morgan fingerprint density at radius 2 is 1.88 bits per heavy atom. The van der Waals surface area contributed by atoms with Gasteiger partial charge in [0.1, 0.15) is 0 Å². The van der Waals surface area contributed by atoms with Gasteiger partial charge in [-0.15, -0.1) is 0 Å². The van der Waals surface area contributed by atoms with E-state index in [2.05, 4.69) is 12.2 Å². The van der Waals surface area contributed by atoms with E-state index in [0.29, 0.717) is 27.7 Å². The van der Waals surface area contributed by atoms with Gasteiger partial charge in [0.15, 0.2) is 0 Å². The molecule has 1 aliphatic carbocycles. The predicted octanol–water partition coefficient (Wildman–Crippen LogP) is 4.93. The molecule has 2 atom stereocenters. The Morgan fingerprint density at radius 3 is 2.53 bits per heavy atom. The molecule has 4 heteroatoms. The lowest BCUT2D eigenvalue weighted by Crippen LogP contribution is -2.26. The topological polar surface area (TPSA) is 12.0 Å². The second kappa shape index (κ2) is 5.79. The molecule has 0 heterocycles. The molecule has 1 aliphatic rings. The maximum Gasteiger partial charge on any atom is 0.0652 e. The van der Waals surface area contributed by atoms with E-state index in [1.54, 1.807) is 12.1 Å². The van der Waals surface area contributed by atoms with Gasteiger partial charge in [0.25, 0.3) is 0 Å². The minimum absolute atomic E-state index is 0.563. The normalized spacial score (nSPS) is 24.2. The number of rotatable bonds is 3. The first-order chi connectivity index (χ1) is 8.08. The van der Waals surface area contributed by atoms with Gasteiger partial charge in [0.05, 0.1) is 10.0 Å². The molecule has 0 bridgehead atoms. The summed E-state index contributed by atoms with van der Waals surface area (Å²) in [5, 5.41) is 5.32. The summed E-state index contributed by atoms with van der Waals surface area (Å²) < 4.78 is 0. The van der Waals surface area contributed by atoms with Crippen LogP contribution in [-0.4, -0.2) is 6.04 Å². The molecule has 0 aliphatic heterocycles. The largest absolute Gasteiger partial charge is 0.310 e. The van der Waals surface area contributed by atoms with Crippen LogP contribution in [-0.2, 0) is 6.54 Å². The molecule has 0 spiro atoms. The van der Waals surface area contributed by atoms with Crippen molar-refractivity contribution in [2.75, 3.05) is 0 Å². The van der Waals surface area contributed by atoms with Crippen LogP contribution in [0.4, 0.5) is 0 Å². The molecule has 17 heavy (non-hydrogen) atoms. The summed E-state index contributed by atoms with van der Waals surface area (Å²) in [5.41, 5.74) is 0.903. The van der Waals surface area contributed by atoms with Gasteiger partial charge in [0, 0.05) is 23.2 Å². The maximum atomic E-state index is 6.16. The molecule has 1 aromatic rings. The zero-order valence-corrected chi connectivity index (χ0v) is 12.0. The standard InChI is InChI=1S/C13H16Cl3N/c1-8-2-3-9(6-8)17-7-10-11(14)4-5-12(15)13(10)16/h4-5,8-9,17H,2-3,6-7H2,1H3. The number of hydrogen-bond acceptors (Lipinski definition) is 1. The van der Waals surface area contributed by atoms with Gasteiger partial charge in [-0.3, -0.25) is 0 Å². The Kier molecular flexibility index (Phi) is 4.59. The zero-order valence-electron chi connectivity index (χ0n) is 9.77. The van der Waals surface area contributed by atoms with Crippen LogP contribution in [0.1, 0.15) is 31.7 Å². The summed E-state index contributed by atoms with van der Waals surface area (Å²) in [6, 6.07) is 4.10. The zero-order chi connectivity index (χ0) is 12.4. The van der Waals surface area contributed by atoms with Crippen LogP contribution < -0.4 is 5.32 Å². The van der Waals surface area contributed by atoms with Crippen LogP contribution >= 0.6 is 34.8 Å². The first-order valence-electron chi connectivity index (χ1n) is 5.93. The first-order valence-corrected chi connectivity index (χ1v) is 7.07. The fourth-order valence-electron chi connectivity index (χ4n) is 2.37. The second-order valence-corrected chi connectivity index (χ2v) is 6.01. The molecule has 2 rings (SSSR count). The summed E-state index contributed by atoms with van der Waals surface area (Å²) in [6.45, 7) is 2.98. The predicted molar refractivity (Wildman–Crippen MR) is 75.1 cm³/mol. The Labute approximate surface area is 117 Å². The molecule has 2 unspecified atom stereocenters. The van der Waals surface area contributed by atoms with E-state index >= 15 is 0 Å². The van der Waals surface area contributed by atoms with Gasteiger partial charge in [-0.2, -0.15) is 0 Å². The van der Waals surface area contributed by atoms with Crippen molar-refractivity contribution in [3.63, 3.8) is 0 Å². The van der Waals surface area contributed by atoms with Crippen molar-refractivity contribution in [1.29, 1.82) is 0 Å². The third-order valence-corrected chi connectivity index (χ3v) is 4.60. The number of halogens is 3. The molecule has 1 nitrogen and oxygen atoms in total. The van der Waals surface area contributed by atoms with Crippen LogP contribution in [0.25, 0.3) is 0 Å². The summed E-state index contributed by atoms with van der Waals surface area (Å²) in [5.74, 6) is 0.817. The molecule has 0 saturated heterocycles. The highest BCUT2D eigenvalue weighted by Crippen LogP contribution is 2.32. The van der Waals surface area contributed by atoms with E-state index in [9.17, 15) is 0 Å². The summed E-state index contributed by atoms with van der Waals surface area (Å²) in [6.07, 6.45) is 3.77. The third-order valence-electron chi connectivity index (χ3n) is 3.40. The Morgan fingerprint density at radius 1 is 1.18 bits per heavy atom. The first kappa shape index (κ1) is 13.5. The number of hydrogen-bond donors (Lipinski definition) is 1. The molecule has 1 aromatic carbocycles. The molecule has 1 N–H and O–H groups in total. The highest BCUT2D eigenvalue weighted by atomic mass is 35.5. The van der Waals surface area contributed by atoms with Gasteiger partial charge >= 0.3 is 0 Å². The molecular formula is C13H16Cl3N. The molecule has 0 radical (unpaired) electrons. The van der Waals surface area contributed by atoms with Crippen molar-refractivity contribution in [2.24, 2.45) is 5.92 Å². The van der Waals surface area contributed by atoms with Gasteiger partial charge < -0.3 is 5.32 Å². The Hall–Kier alpha value is 0.0500. The lowest BCUT2D eigenvalue weighted by Gasteiger charge is -2.14. The summed E-state index contributed by atoms with van der Waals surface area (Å²) in [7, 11) is 0. The van der Waals surface area contributed by atoms with Gasteiger partial charge in [-0.25, -0.2) is 0 Å². The van der Waals surface area contributed by atoms with Crippen molar-refractivity contribution in [1.82, 2.24) is 5.32 Å². The lowest BCUT2D eigenvalue weighted by atomic mass is 10.1. The van der Waals surface area contributed by atoms with Crippen LogP contribution in [0.3, 0.4) is 0 Å². The number of nitrogens with one attached hydrogen (secondary N) is 1. The van der Waals surface area contributed by atoms with Crippen LogP contribution in [0, 0.1) is 5.92 Å². The molecule has 1 saturated carbocycles. The smallest absolute Gasteiger partial charge is 0.0652 e. The van der Waals surface area contributed by atoms with Crippen molar-refractivity contribution < 1.29 is 0 Å². The third kappa shape index (κ3) is 3.29. The Balaban J connectivity index is 2.01. The average molecular weight is 293 g/mol. The molecule has 94 valence electrons.